The highest BCUT2D eigenvalue weighted by Gasteiger charge is 2.13. The molecule has 2 heterocycles. The second-order valence-electron chi connectivity index (χ2n) is 5.17. The molecule has 0 saturated carbocycles. The zero-order valence-electron chi connectivity index (χ0n) is 13.1. The number of benzene rings is 1. The second-order valence-corrected chi connectivity index (χ2v) is 7.25. The number of carbonyl (C=O) groups excluding carboxylic acids is 1. The van der Waals surface area contributed by atoms with Crippen LogP contribution in [0.2, 0.25) is 0 Å². The van der Waals surface area contributed by atoms with Gasteiger partial charge in [0, 0.05) is 29.4 Å². The Hall–Kier alpha value is -2.11. The average Bonchev–Trinajstić information content (AvgIpc) is 3.13. The molecule has 1 amide bonds. The summed E-state index contributed by atoms with van der Waals surface area (Å²) in [6.45, 7) is 0.684. The molecule has 0 spiro atoms. The SMILES string of the molecule is O=C(NCCCSc1ccncc1)c1sccc1-c1ccccc1. The molecule has 24 heavy (non-hydrogen) atoms. The van der Waals surface area contributed by atoms with E-state index < -0.39 is 0 Å². The van der Waals surface area contributed by atoms with Crippen molar-refractivity contribution < 1.29 is 4.79 Å². The van der Waals surface area contributed by atoms with Crippen molar-refractivity contribution in [2.24, 2.45) is 0 Å². The van der Waals surface area contributed by atoms with Crippen LogP contribution < -0.4 is 5.32 Å². The molecule has 0 unspecified atom stereocenters. The van der Waals surface area contributed by atoms with Crippen molar-refractivity contribution in [2.75, 3.05) is 12.3 Å². The van der Waals surface area contributed by atoms with E-state index in [1.54, 1.807) is 24.2 Å². The summed E-state index contributed by atoms with van der Waals surface area (Å²) in [7, 11) is 0. The molecule has 0 aliphatic rings. The first-order valence-corrected chi connectivity index (χ1v) is 9.65. The highest BCUT2D eigenvalue weighted by atomic mass is 32.2. The number of rotatable bonds is 7. The molecular weight excluding hydrogens is 336 g/mol. The molecule has 1 N–H and O–H groups in total. The standard InChI is InChI=1S/C19H18N2OS2/c22-19(21-10-4-13-23-16-7-11-20-12-8-16)18-17(9-14-24-18)15-5-2-1-3-6-15/h1-3,5-9,11-12,14H,4,10,13H2,(H,21,22). The van der Waals surface area contributed by atoms with E-state index in [9.17, 15) is 4.79 Å². The molecule has 122 valence electrons. The Morgan fingerprint density at radius 1 is 1.08 bits per heavy atom. The van der Waals surface area contributed by atoms with Gasteiger partial charge in [-0.05, 0) is 41.3 Å². The summed E-state index contributed by atoms with van der Waals surface area (Å²) in [5.74, 6) is 0.984. The number of amides is 1. The Balaban J connectivity index is 1.49. The summed E-state index contributed by atoms with van der Waals surface area (Å²) < 4.78 is 0. The third kappa shape index (κ3) is 4.46. The van der Waals surface area contributed by atoms with E-state index in [1.165, 1.54) is 16.2 Å². The van der Waals surface area contributed by atoms with Gasteiger partial charge in [-0.2, -0.15) is 0 Å². The largest absolute Gasteiger partial charge is 0.351 e. The first-order chi connectivity index (χ1) is 11.8. The zero-order chi connectivity index (χ0) is 16.6. The van der Waals surface area contributed by atoms with E-state index in [2.05, 4.69) is 10.3 Å². The number of aromatic nitrogens is 1. The maximum absolute atomic E-state index is 12.4. The Morgan fingerprint density at radius 3 is 2.67 bits per heavy atom. The molecule has 0 bridgehead atoms. The summed E-state index contributed by atoms with van der Waals surface area (Å²) >= 11 is 3.27. The quantitative estimate of drug-likeness (QED) is 0.493. The van der Waals surface area contributed by atoms with Crippen LogP contribution in [0.15, 0.2) is 71.2 Å². The highest BCUT2D eigenvalue weighted by Crippen LogP contribution is 2.28. The predicted octanol–water partition coefficient (Wildman–Crippen LogP) is 4.72. The number of carbonyl (C=O) groups is 1. The van der Waals surface area contributed by atoms with Crippen molar-refractivity contribution in [3.63, 3.8) is 0 Å². The van der Waals surface area contributed by atoms with Crippen LogP contribution in [0, 0.1) is 0 Å². The first kappa shape index (κ1) is 16.7. The van der Waals surface area contributed by atoms with Gasteiger partial charge in [0.25, 0.3) is 5.91 Å². The Bertz CT molecular complexity index is 772. The monoisotopic (exact) mass is 354 g/mol. The van der Waals surface area contributed by atoms with Crippen molar-refractivity contribution in [3.8, 4) is 11.1 Å². The summed E-state index contributed by atoms with van der Waals surface area (Å²) in [6, 6.07) is 16.0. The van der Waals surface area contributed by atoms with Gasteiger partial charge in [-0.3, -0.25) is 9.78 Å². The fraction of sp³-hybridized carbons (Fsp3) is 0.158. The Labute approximate surface area is 150 Å². The third-order valence-electron chi connectivity index (χ3n) is 3.48. The van der Waals surface area contributed by atoms with Gasteiger partial charge in [0.05, 0.1) is 4.88 Å². The molecule has 0 saturated heterocycles. The normalized spacial score (nSPS) is 10.5. The lowest BCUT2D eigenvalue weighted by Crippen LogP contribution is -2.24. The van der Waals surface area contributed by atoms with Gasteiger partial charge >= 0.3 is 0 Å². The van der Waals surface area contributed by atoms with Crippen molar-refractivity contribution in [3.05, 3.63) is 71.2 Å². The summed E-state index contributed by atoms with van der Waals surface area (Å²) in [5, 5.41) is 5.00. The van der Waals surface area contributed by atoms with Crippen molar-refractivity contribution in [1.82, 2.24) is 10.3 Å². The van der Waals surface area contributed by atoms with E-state index in [0.717, 1.165) is 28.2 Å². The van der Waals surface area contributed by atoms with E-state index in [-0.39, 0.29) is 5.91 Å². The topological polar surface area (TPSA) is 42.0 Å². The molecular formula is C19H18N2OS2. The maximum atomic E-state index is 12.4. The van der Waals surface area contributed by atoms with Gasteiger partial charge in [0.2, 0.25) is 0 Å². The summed E-state index contributed by atoms with van der Waals surface area (Å²) in [6.07, 6.45) is 4.53. The molecule has 5 heteroatoms. The van der Waals surface area contributed by atoms with Crippen LogP contribution in [-0.2, 0) is 0 Å². The minimum atomic E-state index is 0.0118. The van der Waals surface area contributed by atoms with Crippen LogP contribution in [0.5, 0.6) is 0 Å². The van der Waals surface area contributed by atoms with E-state index >= 15 is 0 Å². The second kappa shape index (κ2) is 8.66. The molecule has 0 atom stereocenters. The molecule has 0 aliphatic carbocycles. The Kier molecular flexibility index (Phi) is 6.04. The number of hydrogen-bond donors (Lipinski definition) is 1. The van der Waals surface area contributed by atoms with Crippen LogP contribution in [0.25, 0.3) is 11.1 Å². The van der Waals surface area contributed by atoms with Crippen molar-refractivity contribution in [2.45, 2.75) is 11.3 Å². The maximum Gasteiger partial charge on any atom is 0.261 e. The Morgan fingerprint density at radius 2 is 1.88 bits per heavy atom. The number of pyridine rings is 1. The number of thioether (sulfide) groups is 1. The minimum absolute atomic E-state index is 0.0118. The summed E-state index contributed by atoms with van der Waals surface area (Å²) in [4.78, 5) is 18.4. The van der Waals surface area contributed by atoms with Crippen LogP contribution in [0.3, 0.4) is 0 Å². The minimum Gasteiger partial charge on any atom is -0.351 e. The predicted molar refractivity (Wildman–Crippen MR) is 102 cm³/mol. The van der Waals surface area contributed by atoms with Crippen LogP contribution in [0.1, 0.15) is 16.1 Å². The molecule has 1 aromatic carbocycles. The van der Waals surface area contributed by atoms with Crippen LogP contribution in [0.4, 0.5) is 0 Å². The molecule has 0 aliphatic heterocycles. The molecule has 3 aromatic rings. The highest BCUT2D eigenvalue weighted by molar-refractivity contribution is 7.99. The lowest BCUT2D eigenvalue weighted by atomic mass is 10.1. The molecule has 2 aromatic heterocycles. The average molecular weight is 355 g/mol. The smallest absolute Gasteiger partial charge is 0.261 e. The third-order valence-corrected chi connectivity index (χ3v) is 5.49. The molecule has 3 nitrogen and oxygen atoms in total. The van der Waals surface area contributed by atoms with E-state index in [4.69, 9.17) is 0 Å². The fourth-order valence-electron chi connectivity index (χ4n) is 2.31. The van der Waals surface area contributed by atoms with Gasteiger partial charge in [-0.1, -0.05) is 30.3 Å². The lowest BCUT2D eigenvalue weighted by molar-refractivity contribution is 0.0958. The van der Waals surface area contributed by atoms with Gasteiger partial charge in [0.15, 0.2) is 0 Å². The molecule has 0 radical (unpaired) electrons. The van der Waals surface area contributed by atoms with E-state index in [0.29, 0.717) is 6.54 Å². The van der Waals surface area contributed by atoms with Gasteiger partial charge < -0.3 is 5.32 Å². The van der Waals surface area contributed by atoms with Crippen molar-refractivity contribution in [1.29, 1.82) is 0 Å². The number of thiophene rings is 1. The van der Waals surface area contributed by atoms with Crippen LogP contribution in [-0.4, -0.2) is 23.2 Å². The number of nitrogens with one attached hydrogen (secondary N) is 1. The van der Waals surface area contributed by atoms with Crippen LogP contribution >= 0.6 is 23.1 Å². The summed E-state index contributed by atoms with van der Waals surface area (Å²) in [5.41, 5.74) is 2.08. The zero-order valence-corrected chi connectivity index (χ0v) is 14.8. The van der Waals surface area contributed by atoms with E-state index in [1.807, 2.05) is 53.9 Å². The van der Waals surface area contributed by atoms with Gasteiger partial charge in [-0.15, -0.1) is 23.1 Å². The van der Waals surface area contributed by atoms with Gasteiger partial charge in [0.1, 0.15) is 0 Å². The van der Waals surface area contributed by atoms with Gasteiger partial charge in [-0.25, -0.2) is 0 Å². The number of hydrogen-bond acceptors (Lipinski definition) is 4. The lowest BCUT2D eigenvalue weighted by Gasteiger charge is -2.06. The van der Waals surface area contributed by atoms with Crippen molar-refractivity contribution >= 4 is 29.0 Å². The molecule has 3 rings (SSSR count). The fourth-order valence-corrected chi connectivity index (χ4v) is 3.98. The number of nitrogens with zero attached hydrogens (tertiary/aromatic N) is 1. The molecule has 0 fully saturated rings. The first-order valence-electron chi connectivity index (χ1n) is 7.78.